The highest BCUT2D eigenvalue weighted by Crippen LogP contribution is 2.35. The van der Waals surface area contributed by atoms with E-state index in [0.717, 1.165) is 12.1 Å². The Morgan fingerprint density at radius 2 is 1.57 bits per heavy atom. The molecule has 232 valence electrons. The summed E-state index contributed by atoms with van der Waals surface area (Å²) in [5.41, 5.74) is 1.83. The molecule has 1 aliphatic rings. The smallest absolute Gasteiger partial charge is 0.416 e. The number of benzene rings is 3. The summed E-state index contributed by atoms with van der Waals surface area (Å²) in [6.07, 6.45) is -4.15. The highest BCUT2D eigenvalue weighted by Gasteiger charge is 2.32. The van der Waals surface area contributed by atoms with Crippen LogP contribution in [0.4, 0.5) is 18.9 Å². The molecule has 3 aromatic carbocycles. The van der Waals surface area contributed by atoms with Crippen molar-refractivity contribution in [2.24, 2.45) is 0 Å². The van der Waals surface area contributed by atoms with Crippen LogP contribution in [-0.2, 0) is 11.0 Å². The number of aromatic nitrogens is 1. The van der Waals surface area contributed by atoms with Gasteiger partial charge in [0, 0.05) is 61.1 Å². The van der Waals surface area contributed by atoms with Crippen molar-refractivity contribution in [1.82, 2.24) is 9.47 Å². The summed E-state index contributed by atoms with van der Waals surface area (Å²) in [5, 5.41) is 11.0. The Morgan fingerprint density at radius 3 is 2.18 bits per heavy atom. The molecular weight excluding hydrogens is 575 g/mol. The van der Waals surface area contributed by atoms with Gasteiger partial charge in [0.1, 0.15) is 17.5 Å². The van der Waals surface area contributed by atoms with Gasteiger partial charge in [-0.2, -0.15) is 13.2 Å². The van der Waals surface area contributed by atoms with Gasteiger partial charge >= 0.3 is 12.1 Å². The van der Waals surface area contributed by atoms with Crippen LogP contribution in [0.3, 0.4) is 0 Å². The van der Waals surface area contributed by atoms with E-state index in [1.807, 2.05) is 4.90 Å². The molecule has 0 radical (unpaired) electrons. The van der Waals surface area contributed by atoms with Gasteiger partial charge in [0.05, 0.1) is 30.9 Å². The minimum absolute atomic E-state index is 0.228. The topological polar surface area (TPSA) is 84.2 Å². The second-order valence-corrected chi connectivity index (χ2v) is 10.8. The maximum absolute atomic E-state index is 13.8. The van der Waals surface area contributed by atoms with Crippen LogP contribution in [0.15, 0.2) is 66.7 Å². The molecule has 1 unspecified atom stereocenters. The van der Waals surface area contributed by atoms with E-state index in [9.17, 15) is 27.9 Å². The Labute approximate surface area is 253 Å². The van der Waals surface area contributed by atoms with Gasteiger partial charge in [-0.3, -0.25) is 9.69 Å². The number of rotatable bonds is 10. The number of aliphatic carboxylic acids is 1. The lowest BCUT2D eigenvalue weighted by Crippen LogP contribution is -2.47. The van der Waals surface area contributed by atoms with Crippen LogP contribution >= 0.6 is 0 Å². The van der Waals surface area contributed by atoms with Crippen molar-refractivity contribution in [2.45, 2.75) is 25.6 Å². The van der Waals surface area contributed by atoms with Crippen molar-refractivity contribution in [1.29, 1.82) is 0 Å². The molecule has 1 atom stereocenters. The van der Waals surface area contributed by atoms with E-state index in [2.05, 4.69) is 4.90 Å². The van der Waals surface area contributed by atoms with Gasteiger partial charge in [-0.15, -0.1) is 0 Å². The lowest BCUT2D eigenvalue weighted by atomic mass is 10.0. The van der Waals surface area contributed by atoms with Crippen molar-refractivity contribution in [3.05, 3.63) is 89.1 Å². The normalized spacial score (nSPS) is 14.9. The van der Waals surface area contributed by atoms with Crippen molar-refractivity contribution < 1.29 is 37.3 Å². The van der Waals surface area contributed by atoms with Crippen molar-refractivity contribution in [2.75, 3.05) is 51.8 Å². The zero-order chi connectivity index (χ0) is 31.6. The largest absolute Gasteiger partial charge is 0.497 e. The van der Waals surface area contributed by atoms with E-state index in [1.165, 1.54) is 13.2 Å². The molecule has 1 fully saturated rings. The van der Waals surface area contributed by atoms with E-state index >= 15 is 0 Å². The first kappa shape index (κ1) is 30.9. The molecular formula is C33H34F3N3O5. The van der Waals surface area contributed by atoms with Crippen LogP contribution in [0.1, 0.15) is 39.6 Å². The Balaban J connectivity index is 1.38. The summed E-state index contributed by atoms with van der Waals surface area (Å²) in [7, 11) is 3.07. The van der Waals surface area contributed by atoms with Crippen molar-refractivity contribution >= 4 is 28.3 Å². The maximum atomic E-state index is 13.8. The summed E-state index contributed by atoms with van der Waals surface area (Å²) in [6, 6.07) is 16.4. The Morgan fingerprint density at radius 1 is 0.909 bits per heavy atom. The van der Waals surface area contributed by atoms with Crippen molar-refractivity contribution in [3.63, 3.8) is 0 Å². The van der Waals surface area contributed by atoms with Crippen molar-refractivity contribution in [3.8, 4) is 11.5 Å². The SMILES string of the molecule is COc1ccc(C(=O)c2c(C)n(C(CCN3CCN(c4cccc(C(F)(F)F)c4)CC3)C(=O)O)c3cc(OC)ccc23)cc1. The monoisotopic (exact) mass is 609 g/mol. The lowest BCUT2D eigenvalue weighted by Gasteiger charge is -2.36. The molecule has 44 heavy (non-hydrogen) atoms. The molecule has 4 aromatic rings. The number of halogens is 3. The number of piperazine rings is 1. The van der Waals surface area contributed by atoms with E-state index in [1.54, 1.807) is 67.1 Å². The minimum atomic E-state index is -4.41. The number of carbonyl (C=O) groups is 2. The number of ketones is 1. The predicted octanol–water partition coefficient (Wildman–Crippen LogP) is 6.05. The fourth-order valence-electron chi connectivity index (χ4n) is 5.90. The van der Waals surface area contributed by atoms with Gasteiger partial charge in [-0.25, -0.2) is 4.79 Å². The first-order valence-electron chi connectivity index (χ1n) is 14.3. The summed E-state index contributed by atoms with van der Waals surface area (Å²) < 4.78 is 51.9. The summed E-state index contributed by atoms with van der Waals surface area (Å²) in [5.74, 6) is -0.102. The number of carboxylic acid groups (broad SMARTS) is 1. The second-order valence-electron chi connectivity index (χ2n) is 10.8. The quantitative estimate of drug-likeness (QED) is 0.219. The molecule has 11 heteroatoms. The number of carboxylic acids is 1. The standard InChI is InChI=1S/C33H34F3N3O5/c1-21-30(31(40)22-7-9-25(43-2)10-8-22)27-12-11-26(44-3)20-29(27)39(21)28(32(41)42)13-14-37-15-17-38(18-16-37)24-6-4-5-23(19-24)33(34,35)36/h4-12,19-20,28H,13-18H2,1-3H3,(H,41,42). The molecule has 1 aliphatic heterocycles. The number of anilines is 1. The summed E-state index contributed by atoms with van der Waals surface area (Å²) >= 11 is 0. The van der Waals surface area contributed by atoms with E-state index in [-0.39, 0.29) is 12.2 Å². The fraction of sp³-hybridized carbons (Fsp3) is 0.333. The number of carbonyl (C=O) groups excluding carboxylic acids is 1. The average molecular weight is 610 g/mol. The van der Waals surface area contributed by atoms with Crippen LogP contribution in [0.2, 0.25) is 0 Å². The minimum Gasteiger partial charge on any atom is -0.497 e. The molecule has 2 heterocycles. The van der Waals surface area contributed by atoms with E-state index < -0.39 is 23.8 Å². The van der Waals surface area contributed by atoms with Crippen LogP contribution in [0.5, 0.6) is 11.5 Å². The third-order valence-electron chi connectivity index (χ3n) is 8.26. The molecule has 0 saturated carbocycles. The van der Waals surface area contributed by atoms with E-state index in [4.69, 9.17) is 9.47 Å². The van der Waals surface area contributed by atoms with Gasteiger partial charge in [-0.05, 0) is 67.9 Å². The molecule has 0 bridgehead atoms. The Hall–Kier alpha value is -4.51. The molecule has 1 N–H and O–H groups in total. The number of methoxy groups -OCH3 is 2. The summed E-state index contributed by atoms with van der Waals surface area (Å²) in [6.45, 7) is 4.39. The maximum Gasteiger partial charge on any atom is 0.416 e. The van der Waals surface area contributed by atoms with Crippen LogP contribution in [0.25, 0.3) is 10.9 Å². The number of hydrogen-bond acceptors (Lipinski definition) is 6. The highest BCUT2D eigenvalue weighted by atomic mass is 19.4. The molecule has 8 nitrogen and oxygen atoms in total. The summed E-state index contributed by atoms with van der Waals surface area (Å²) in [4.78, 5) is 30.5. The van der Waals surface area contributed by atoms with Crippen LogP contribution in [-0.4, -0.2) is 73.3 Å². The molecule has 1 saturated heterocycles. The number of ether oxygens (including phenoxy) is 2. The fourth-order valence-corrected chi connectivity index (χ4v) is 5.90. The first-order valence-corrected chi connectivity index (χ1v) is 14.3. The third-order valence-corrected chi connectivity index (χ3v) is 8.26. The first-order chi connectivity index (χ1) is 21.0. The average Bonchev–Trinajstić information content (AvgIpc) is 3.31. The van der Waals surface area contributed by atoms with Gasteiger partial charge < -0.3 is 24.0 Å². The third kappa shape index (κ3) is 6.23. The van der Waals surface area contributed by atoms with Gasteiger partial charge in [0.15, 0.2) is 5.78 Å². The molecule has 1 aromatic heterocycles. The molecule has 0 aliphatic carbocycles. The lowest BCUT2D eigenvalue weighted by molar-refractivity contribution is -0.141. The predicted molar refractivity (Wildman–Crippen MR) is 161 cm³/mol. The Bertz CT molecular complexity index is 1660. The Kier molecular flexibility index (Phi) is 8.87. The van der Waals surface area contributed by atoms with Gasteiger partial charge in [-0.1, -0.05) is 6.07 Å². The number of alkyl halides is 3. The number of hydrogen-bond donors (Lipinski definition) is 1. The van der Waals surface area contributed by atoms with Crippen LogP contribution < -0.4 is 14.4 Å². The highest BCUT2D eigenvalue weighted by molar-refractivity contribution is 6.17. The second kappa shape index (κ2) is 12.6. The molecule has 5 rings (SSSR count). The number of nitrogens with zero attached hydrogens (tertiary/aromatic N) is 3. The molecule has 0 spiro atoms. The van der Waals surface area contributed by atoms with Crippen LogP contribution in [0, 0.1) is 6.92 Å². The van der Waals surface area contributed by atoms with E-state index in [0.29, 0.717) is 77.6 Å². The zero-order valence-electron chi connectivity index (χ0n) is 24.7. The molecule has 0 amide bonds. The van der Waals surface area contributed by atoms with Gasteiger partial charge in [0.2, 0.25) is 0 Å². The zero-order valence-corrected chi connectivity index (χ0v) is 24.7. The van der Waals surface area contributed by atoms with Gasteiger partial charge in [0.25, 0.3) is 0 Å². The number of fused-ring (bicyclic) bond motifs is 1.